The minimum Gasteiger partial charge on any atom is -0.480 e. The molecule has 2 aromatic rings. The van der Waals surface area contributed by atoms with Gasteiger partial charge < -0.3 is 10.4 Å². The summed E-state index contributed by atoms with van der Waals surface area (Å²) in [5.74, 6) is -1.74. The summed E-state index contributed by atoms with van der Waals surface area (Å²) in [6.07, 6.45) is -4.52. The lowest BCUT2D eigenvalue weighted by molar-refractivity contribution is -0.141. The largest absolute Gasteiger partial charge is 0.480 e. The summed E-state index contributed by atoms with van der Waals surface area (Å²) in [5.41, 5.74) is 1.37. The van der Waals surface area contributed by atoms with Gasteiger partial charge in [0.2, 0.25) is 5.91 Å². The van der Waals surface area contributed by atoms with Crippen molar-refractivity contribution >= 4 is 11.9 Å². The average Bonchev–Trinajstić information content (AvgIpc) is 2.55. The van der Waals surface area contributed by atoms with Gasteiger partial charge in [-0.1, -0.05) is 42.0 Å². The van der Waals surface area contributed by atoms with Gasteiger partial charge in [-0.25, -0.2) is 4.79 Å². The zero-order chi connectivity index (χ0) is 19.3. The van der Waals surface area contributed by atoms with Gasteiger partial charge in [-0.3, -0.25) is 4.79 Å². The number of benzene rings is 2. The second-order valence-electron chi connectivity index (χ2n) is 6.02. The number of hydrogen-bond donors (Lipinski definition) is 2. The zero-order valence-electron chi connectivity index (χ0n) is 14.0. The number of carboxylic acid groups (broad SMARTS) is 1. The Bertz CT molecular complexity index is 768. The molecular weight excluding hydrogens is 347 g/mol. The van der Waals surface area contributed by atoms with Crippen LogP contribution in [-0.2, 0) is 28.6 Å². The molecule has 0 aliphatic carbocycles. The van der Waals surface area contributed by atoms with E-state index in [4.69, 9.17) is 0 Å². The number of aryl methyl sites for hydroxylation is 1. The van der Waals surface area contributed by atoms with Crippen LogP contribution in [0.1, 0.15) is 22.3 Å². The molecule has 0 aromatic heterocycles. The third-order valence-corrected chi connectivity index (χ3v) is 3.84. The summed E-state index contributed by atoms with van der Waals surface area (Å²) >= 11 is 0. The molecule has 2 aromatic carbocycles. The molecule has 0 bridgehead atoms. The molecule has 138 valence electrons. The molecule has 0 aliphatic rings. The molecule has 0 radical (unpaired) electrons. The fraction of sp³-hybridized carbons (Fsp3) is 0.263. The maximum Gasteiger partial charge on any atom is 0.416 e. The smallest absolute Gasteiger partial charge is 0.416 e. The van der Waals surface area contributed by atoms with E-state index in [1.165, 1.54) is 12.1 Å². The quantitative estimate of drug-likeness (QED) is 0.825. The minimum atomic E-state index is -4.44. The number of hydrogen-bond acceptors (Lipinski definition) is 2. The van der Waals surface area contributed by atoms with Gasteiger partial charge in [-0.2, -0.15) is 13.2 Å². The summed E-state index contributed by atoms with van der Waals surface area (Å²) in [4.78, 5) is 23.4. The van der Waals surface area contributed by atoms with Crippen molar-refractivity contribution in [1.29, 1.82) is 0 Å². The van der Waals surface area contributed by atoms with Crippen LogP contribution >= 0.6 is 0 Å². The van der Waals surface area contributed by atoms with Crippen LogP contribution in [0.5, 0.6) is 0 Å². The van der Waals surface area contributed by atoms with Gasteiger partial charge in [0.25, 0.3) is 0 Å². The van der Waals surface area contributed by atoms with Crippen molar-refractivity contribution < 1.29 is 27.9 Å². The molecule has 0 aliphatic heterocycles. The van der Waals surface area contributed by atoms with Crippen molar-refractivity contribution in [3.8, 4) is 0 Å². The minimum absolute atomic E-state index is 0.119. The number of halogens is 3. The molecule has 26 heavy (non-hydrogen) atoms. The van der Waals surface area contributed by atoms with Crippen molar-refractivity contribution in [2.75, 3.05) is 0 Å². The van der Waals surface area contributed by atoms with Crippen molar-refractivity contribution in [2.45, 2.75) is 32.0 Å². The lowest BCUT2D eigenvalue weighted by Crippen LogP contribution is -2.43. The van der Waals surface area contributed by atoms with Crippen LogP contribution in [0.15, 0.2) is 48.5 Å². The number of aliphatic carboxylic acids is 1. The molecule has 0 spiro atoms. The van der Waals surface area contributed by atoms with E-state index in [2.05, 4.69) is 5.32 Å². The third-order valence-electron chi connectivity index (χ3n) is 3.84. The summed E-state index contributed by atoms with van der Waals surface area (Å²) in [6.45, 7) is 1.91. The number of alkyl halides is 3. The van der Waals surface area contributed by atoms with Crippen LogP contribution in [0.2, 0.25) is 0 Å². The zero-order valence-corrected chi connectivity index (χ0v) is 14.0. The summed E-state index contributed by atoms with van der Waals surface area (Å²) in [6, 6.07) is 10.3. The highest BCUT2D eigenvalue weighted by molar-refractivity contribution is 5.85. The molecular formula is C19H18F3NO3. The van der Waals surface area contributed by atoms with Crippen molar-refractivity contribution in [3.05, 3.63) is 70.8 Å². The lowest BCUT2D eigenvalue weighted by Gasteiger charge is -2.15. The average molecular weight is 365 g/mol. The summed E-state index contributed by atoms with van der Waals surface area (Å²) in [7, 11) is 0. The normalized spacial score (nSPS) is 12.5. The van der Waals surface area contributed by atoms with Crippen LogP contribution in [0.3, 0.4) is 0 Å². The Morgan fingerprint density at radius 2 is 1.54 bits per heavy atom. The molecule has 4 nitrogen and oxygen atoms in total. The highest BCUT2D eigenvalue weighted by Crippen LogP contribution is 2.29. The molecule has 1 atom stereocenters. The second kappa shape index (κ2) is 8.03. The third kappa shape index (κ3) is 5.61. The van der Waals surface area contributed by atoms with E-state index in [1.54, 1.807) is 12.1 Å². The second-order valence-corrected chi connectivity index (χ2v) is 6.02. The highest BCUT2D eigenvalue weighted by Gasteiger charge is 2.30. The first-order valence-electron chi connectivity index (χ1n) is 7.89. The van der Waals surface area contributed by atoms with Gasteiger partial charge in [-0.15, -0.1) is 0 Å². The van der Waals surface area contributed by atoms with Crippen molar-refractivity contribution in [2.24, 2.45) is 0 Å². The number of nitrogens with one attached hydrogen (secondary N) is 1. The molecule has 2 rings (SSSR count). The predicted molar refractivity (Wildman–Crippen MR) is 89.6 cm³/mol. The molecule has 0 fully saturated rings. The van der Waals surface area contributed by atoms with Crippen LogP contribution in [0.25, 0.3) is 0 Å². The SMILES string of the molecule is Cc1ccc(C[C@@H](NC(=O)Cc2ccc(C(F)(F)F)cc2)C(=O)O)cc1. The number of amides is 1. The maximum atomic E-state index is 12.5. The first-order chi connectivity index (χ1) is 12.1. The van der Waals surface area contributed by atoms with Crippen LogP contribution in [0, 0.1) is 6.92 Å². The number of rotatable bonds is 6. The number of carbonyl (C=O) groups excluding carboxylic acids is 1. The predicted octanol–water partition coefficient (Wildman–Crippen LogP) is 3.37. The van der Waals surface area contributed by atoms with Crippen molar-refractivity contribution in [1.82, 2.24) is 5.32 Å². The van der Waals surface area contributed by atoms with Crippen LogP contribution in [0.4, 0.5) is 13.2 Å². The van der Waals surface area contributed by atoms with Gasteiger partial charge in [-0.05, 0) is 30.2 Å². The van der Waals surface area contributed by atoms with E-state index in [1.807, 2.05) is 19.1 Å². The van der Waals surface area contributed by atoms with E-state index in [-0.39, 0.29) is 12.8 Å². The molecule has 7 heteroatoms. The van der Waals surface area contributed by atoms with Gasteiger partial charge in [0, 0.05) is 6.42 Å². The number of carbonyl (C=O) groups is 2. The van der Waals surface area contributed by atoms with Gasteiger partial charge >= 0.3 is 12.1 Å². The van der Waals surface area contributed by atoms with E-state index in [0.29, 0.717) is 5.56 Å². The Hall–Kier alpha value is -2.83. The molecule has 1 amide bonds. The fourth-order valence-corrected chi connectivity index (χ4v) is 2.40. The Labute approximate surface area is 148 Å². The first-order valence-corrected chi connectivity index (χ1v) is 7.89. The highest BCUT2D eigenvalue weighted by atomic mass is 19.4. The number of carboxylic acids is 1. The molecule has 0 saturated heterocycles. The van der Waals surface area contributed by atoms with Crippen LogP contribution in [-0.4, -0.2) is 23.0 Å². The lowest BCUT2D eigenvalue weighted by atomic mass is 10.0. The molecule has 2 N–H and O–H groups in total. The molecule has 0 heterocycles. The van der Waals surface area contributed by atoms with E-state index in [0.717, 1.165) is 23.3 Å². The topological polar surface area (TPSA) is 66.4 Å². The monoisotopic (exact) mass is 365 g/mol. The molecule has 0 saturated carbocycles. The van der Waals surface area contributed by atoms with Gasteiger partial charge in [0.15, 0.2) is 0 Å². The van der Waals surface area contributed by atoms with Crippen LogP contribution < -0.4 is 5.32 Å². The fourth-order valence-electron chi connectivity index (χ4n) is 2.40. The van der Waals surface area contributed by atoms with Crippen molar-refractivity contribution in [3.63, 3.8) is 0 Å². The maximum absolute atomic E-state index is 12.5. The Morgan fingerprint density at radius 3 is 2.04 bits per heavy atom. The standard InChI is InChI=1S/C19H18F3NO3/c1-12-2-4-13(5-3-12)10-16(18(25)26)23-17(24)11-14-6-8-15(9-7-14)19(20,21)22/h2-9,16H,10-11H2,1H3,(H,23,24)(H,25,26)/t16-/m1/s1. The Morgan fingerprint density at radius 1 is 1.00 bits per heavy atom. The Balaban J connectivity index is 1.99. The van der Waals surface area contributed by atoms with Gasteiger partial charge in [0.05, 0.1) is 12.0 Å². The summed E-state index contributed by atoms with van der Waals surface area (Å²) < 4.78 is 37.6. The Kier molecular flexibility index (Phi) is 6.02. The van der Waals surface area contributed by atoms with E-state index >= 15 is 0 Å². The van der Waals surface area contributed by atoms with Gasteiger partial charge in [0.1, 0.15) is 6.04 Å². The van der Waals surface area contributed by atoms with E-state index in [9.17, 15) is 27.9 Å². The summed E-state index contributed by atoms with van der Waals surface area (Å²) in [5, 5.41) is 11.7. The van der Waals surface area contributed by atoms with E-state index < -0.39 is 29.7 Å². The molecule has 0 unspecified atom stereocenters. The first kappa shape index (κ1) is 19.5.